The van der Waals surface area contributed by atoms with Crippen LogP contribution in [-0.2, 0) is 6.42 Å². The number of hydrogen-bond donors (Lipinski definition) is 0. The smallest absolute Gasteiger partial charge is 0.212 e. The van der Waals surface area contributed by atoms with E-state index in [1.165, 1.54) is 0 Å². The molecule has 0 spiro atoms. The van der Waals surface area contributed by atoms with Crippen molar-refractivity contribution in [1.29, 1.82) is 0 Å². The molecular formula is C16H13N5OS. The molecule has 6 nitrogen and oxygen atoms in total. The Bertz CT molecular complexity index is 931. The first kappa shape index (κ1) is 13.8. The third-order valence-electron chi connectivity index (χ3n) is 3.47. The van der Waals surface area contributed by atoms with Crippen molar-refractivity contribution in [2.75, 3.05) is 7.11 Å². The minimum absolute atomic E-state index is 0.595. The monoisotopic (exact) mass is 323 g/mol. The molecule has 0 fully saturated rings. The highest BCUT2D eigenvalue weighted by atomic mass is 32.1. The Kier molecular flexibility index (Phi) is 3.47. The predicted molar refractivity (Wildman–Crippen MR) is 87.7 cm³/mol. The number of methoxy groups -OCH3 is 1. The van der Waals surface area contributed by atoms with Crippen molar-refractivity contribution in [1.82, 2.24) is 24.8 Å². The number of thiophene rings is 1. The van der Waals surface area contributed by atoms with E-state index in [4.69, 9.17) is 4.74 Å². The summed E-state index contributed by atoms with van der Waals surface area (Å²) in [5, 5.41) is 15.1. The van der Waals surface area contributed by atoms with E-state index in [1.54, 1.807) is 29.2 Å². The van der Waals surface area contributed by atoms with E-state index in [0.717, 1.165) is 27.6 Å². The molecule has 23 heavy (non-hydrogen) atoms. The summed E-state index contributed by atoms with van der Waals surface area (Å²) >= 11 is 1.66. The first-order valence-corrected chi connectivity index (χ1v) is 7.95. The van der Waals surface area contributed by atoms with Gasteiger partial charge < -0.3 is 4.74 Å². The van der Waals surface area contributed by atoms with Crippen LogP contribution < -0.4 is 4.74 Å². The summed E-state index contributed by atoms with van der Waals surface area (Å²) < 4.78 is 6.87. The van der Waals surface area contributed by atoms with Crippen molar-refractivity contribution >= 4 is 17.0 Å². The van der Waals surface area contributed by atoms with Crippen LogP contribution in [0, 0.1) is 0 Å². The molecule has 0 aliphatic heterocycles. The predicted octanol–water partition coefficient (Wildman–Crippen LogP) is 2.85. The Balaban J connectivity index is 1.70. The van der Waals surface area contributed by atoms with Gasteiger partial charge in [0.2, 0.25) is 5.88 Å². The van der Waals surface area contributed by atoms with Crippen LogP contribution in [0.4, 0.5) is 0 Å². The lowest BCUT2D eigenvalue weighted by molar-refractivity contribution is 0.397. The van der Waals surface area contributed by atoms with E-state index in [1.807, 2.05) is 35.7 Å². The third kappa shape index (κ3) is 2.66. The van der Waals surface area contributed by atoms with Gasteiger partial charge >= 0.3 is 0 Å². The summed E-state index contributed by atoms with van der Waals surface area (Å²) in [6, 6.07) is 11.8. The highest BCUT2D eigenvalue weighted by molar-refractivity contribution is 7.13. The van der Waals surface area contributed by atoms with Gasteiger partial charge in [-0.05, 0) is 29.1 Å². The number of pyridine rings is 1. The van der Waals surface area contributed by atoms with Crippen molar-refractivity contribution in [3.8, 4) is 16.5 Å². The molecule has 0 bridgehead atoms. The van der Waals surface area contributed by atoms with E-state index in [2.05, 4.69) is 26.3 Å². The van der Waals surface area contributed by atoms with Crippen molar-refractivity contribution in [3.63, 3.8) is 0 Å². The standard InChI is InChI=1S/C16H13N5OS/c1-22-16-7-4-11(10-17-16)9-15-19-18-14-6-5-12(20-21(14)15)13-3-2-8-23-13/h2-8,10H,9H2,1H3. The maximum Gasteiger partial charge on any atom is 0.212 e. The molecule has 0 aromatic carbocycles. The molecule has 0 atom stereocenters. The van der Waals surface area contributed by atoms with Crippen LogP contribution in [0.2, 0.25) is 0 Å². The third-order valence-corrected chi connectivity index (χ3v) is 4.36. The second-order valence-electron chi connectivity index (χ2n) is 4.97. The molecule has 0 radical (unpaired) electrons. The fourth-order valence-electron chi connectivity index (χ4n) is 2.32. The van der Waals surface area contributed by atoms with E-state index >= 15 is 0 Å². The zero-order valence-corrected chi connectivity index (χ0v) is 13.2. The molecule has 4 aromatic heterocycles. The molecule has 0 unspecified atom stereocenters. The lowest BCUT2D eigenvalue weighted by Gasteiger charge is -2.03. The van der Waals surface area contributed by atoms with Crippen LogP contribution in [0.1, 0.15) is 11.4 Å². The molecule has 4 aromatic rings. The van der Waals surface area contributed by atoms with Gasteiger partial charge in [0.1, 0.15) is 5.69 Å². The van der Waals surface area contributed by atoms with Gasteiger partial charge in [0, 0.05) is 18.7 Å². The minimum atomic E-state index is 0.595. The molecule has 0 aliphatic rings. The summed E-state index contributed by atoms with van der Waals surface area (Å²) in [5.41, 5.74) is 2.69. The van der Waals surface area contributed by atoms with Crippen molar-refractivity contribution in [2.45, 2.75) is 6.42 Å². The van der Waals surface area contributed by atoms with Crippen LogP contribution in [0.25, 0.3) is 16.2 Å². The fourth-order valence-corrected chi connectivity index (χ4v) is 3.01. The molecule has 4 rings (SSSR count). The van der Waals surface area contributed by atoms with E-state index in [9.17, 15) is 0 Å². The Morgan fingerprint density at radius 3 is 2.83 bits per heavy atom. The molecule has 114 valence electrons. The molecule has 0 amide bonds. The maximum absolute atomic E-state index is 5.08. The Morgan fingerprint density at radius 1 is 1.13 bits per heavy atom. The highest BCUT2D eigenvalue weighted by Crippen LogP contribution is 2.22. The topological polar surface area (TPSA) is 65.2 Å². The number of ether oxygens (including phenoxy) is 1. The molecule has 0 saturated carbocycles. The van der Waals surface area contributed by atoms with Gasteiger partial charge in [-0.2, -0.15) is 9.61 Å². The molecule has 7 heteroatoms. The normalized spacial score (nSPS) is 11.0. The van der Waals surface area contributed by atoms with Crippen molar-refractivity contribution in [2.24, 2.45) is 0 Å². The summed E-state index contributed by atoms with van der Waals surface area (Å²) in [6.45, 7) is 0. The van der Waals surface area contributed by atoms with Crippen LogP contribution >= 0.6 is 11.3 Å². The Morgan fingerprint density at radius 2 is 2.09 bits per heavy atom. The number of fused-ring (bicyclic) bond motifs is 1. The second-order valence-corrected chi connectivity index (χ2v) is 5.92. The summed E-state index contributed by atoms with van der Waals surface area (Å²) in [5.74, 6) is 1.38. The molecular weight excluding hydrogens is 310 g/mol. The van der Waals surface area contributed by atoms with E-state index in [-0.39, 0.29) is 0 Å². The van der Waals surface area contributed by atoms with Gasteiger partial charge in [-0.1, -0.05) is 12.1 Å². The van der Waals surface area contributed by atoms with E-state index in [0.29, 0.717) is 12.3 Å². The highest BCUT2D eigenvalue weighted by Gasteiger charge is 2.10. The van der Waals surface area contributed by atoms with Gasteiger partial charge in [0.05, 0.1) is 12.0 Å². The maximum atomic E-state index is 5.08. The number of rotatable bonds is 4. The lowest BCUT2D eigenvalue weighted by atomic mass is 10.2. The van der Waals surface area contributed by atoms with Crippen LogP contribution in [0.5, 0.6) is 5.88 Å². The molecule has 0 N–H and O–H groups in total. The summed E-state index contributed by atoms with van der Waals surface area (Å²) in [6.07, 6.45) is 2.39. The molecule has 0 aliphatic carbocycles. The van der Waals surface area contributed by atoms with Crippen LogP contribution in [0.15, 0.2) is 48.0 Å². The van der Waals surface area contributed by atoms with Crippen LogP contribution in [0.3, 0.4) is 0 Å². The average Bonchev–Trinajstić information content (AvgIpc) is 3.25. The summed E-state index contributed by atoms with van der Waals surface area (Å²) in [7, 11) is 1.60. The number of nitrogens with zero attached hydrogens (tertiary/aromatic N) is 5. The van der Waals surface area contributed by atoms with Crippen LogP contribution in [-0.4, -0.2) is 31.9 Å². The minimum Gasteiger partial charge on any atom is -0.481 e. The zero-order chi connectivity index (χ0) is 15.6. The number of aromatic nitrogens is 5. The SMILES string of the molecule is COc1ccc(Cc2nnc3ccc(-c4cccs4)nn23)cn1. The van der Waals surface area contributed by atoms with E-state index < -0.39 is 0 Å². The Labute approximate surface area is 136 Å². The van der Waals surface area contributed by atoms with Crippen molar-refractivity contribution in [3.05, 3.63) is 59.4 Å². The van der Waals surface area contributed by atoms with Gasteiger partial charge in [-0.3, -0.25) is 0 Å². The largest absolute Gasteiger partial charge is 0.481 e. The van der Waals surface area contributed by atoms with Crippen molar-refractivity contribution < 1.29 is 4.74 Å². The number of hydrogen-bond acceptors (Lipinski definition) is 6. The van der Waals surface area contributed by atoms with Gasteiger partial charge in [-0.15, -0.1) is 21.5 Å². The van der Waals surface area contributed by atoms with Gasteiger partial charge in [0.15, 0.2) is 11.5 Å². The van der Waals surface area contributed by atoms with Gasteiger partial charge in [0.25, 0.3) is 0 Å². The lowest BCUT2D eigenvalue weighted by Crippen LogP contribution is -2.01. The Hall–Kier alpha value is -2.80. The second kappa shape index (κ2) is 5.77. The average molecular weight is 323 g/mol. The fraction of sp³-hybridized carbons (Fsp3) is 0.125. The first-order chi connectivity index (χ1) is 11.3. The zero-order valence-electron chi connectivity index (χ0n) is 12.4. The quantitative estimate of drug-likeness (QED) is 0.578. The summed E-state index contributed by atoms with van der Waals surface area (Å²) in [4.78, 5) is 5.34. The first-order valence-electron chi connectivity index (χ1n) is 7.07. The molecule has 0 saturated heterocycles. The molecule has 4 heterocycles. The van der Waals surface area contributed by atoms with Gasteiger partial charge in [-0.25, -0.2) is 4.98 Å².